The van der Waals surface area contributed by atoms with Crippen LogP contribution in [-0.4, -0.2) is 48.2 Å². The van der Waals surface area contributed by atoms with E-state index < -0.39 is 11.4 Å². The summed E-state index contributed by atoms with van der Waals surface area (Å²) in [6, 6.07) is 3.91. The molecule has 1 aromatic carbocycles. The average molecular weight is 319 g/mol. The molecule has 0 aromatic heterocycles. The molecule has 1 N–H and O–H groups in total. The lowest BCUT2D eigenvalue weighted by molar-refractivity contribution is -0.146. The fourth-order valence-electron chi connectivity index (χ4n) is 2.98. The van der Waals surface area contributed by atoms with E-state index in [1.54, 1.807) is 18.7 Å². The number of carboxylic acids is 1. The highest BCUT2D eigenvalue weighted by molar-refractivity contribution is 5.97. The van der Waals surface area contributed by atoms with Crippen LogP contribution in [0.15, 0.2) is 12.1 Å². The summed E-state index contributed by atoms with van der Waals surface area (Å²) in [7, 11) is 0. The number of amides is 1. The highest BCUT2D eigenvalue weighted by atomic mass is 16.5. The van der Waals surface area contributed by atoms with E-state index in [-0.39, 0.29) is 5.91 Å². The largest absolute Gasteiger partial charge is 0.481 e. The maximum absolute atomic E-state index is 12.9. The van der Waals surface area contributed by atoms with Gasteiger partial charge in [-0.05, 0) is 45.2 Å². The van der Waals surface area contributed by atoms with Crippen LogP contribution < -0.4 is 0 Å². The molecule has 1 aromatic rings. The lowest BCUT2D eigenvalue weighted by Gasteiger charge is -2.29. The normalized spacial score (nSPS) is 15.6. The van der Waals surface area contributed by atoms with Crippen molar-refractivity contribution in [1.29, 1.82) is 0 Å². The third kappa shape index (κ3) is 3.91. The molecule has 0 aliphatic carbocycles. The average Bonchev–Trinajstić information content (AvgIpc) is 2.46. The molecule has 23 heavy (non-hydrogen) atoms. The van der Waals surface area contributed by atoms with Gasteiger partial charge in [0.05, 0.1) is 18.6 Å². The van der Waals surface area contributed by atoms with Gasteiger partial charge in [-0.25, -0.2) is 0 Å². The number of aliphatic carboxylic acids is 1. The number of morpholine rings is 1. The molecule has 1 heterocycles. The van der Waals surface area contributed by atoms with Gasteiger partial charge in [0.15, 0.2) is 0 Å². The van der Waals surface area contributed by atoms with Crippen LogP contribution in [0.4, 0.5) is 0 Å². The molecular weight excluding hydrogens is 294 g/mol. The van der Waals surface area contributed by atoms with Crippen LogP contribution in [0.3, 0.4) is 0 Å². The number of nitrogens with zero attached hydrogens (tertiary/aromatic N) is 1. The molecule has 1 saturated heterocycles. The standard InChI is InChI=1S/C18H25NO4/c1-12-9-13(2)15(16(20)19-5-7-23-8-6-19)14(10-12)11-18(3,4)17(21)22/h9-10H,5-8,11H2,1-4H3,(H,21,22). The molecule has 1 aliphatic rings. The molecule has 5 nitrogen and oxygen atoms in total. The Labute approximate surface area is 137 Å². The van der Waals surface area contributed by atoms with Crippen LogP contribution in [0.5, 0.6) is 0 Å². The molecular formula is C18H25NO4. The fourth-order valence-corrected chi connectivity index (χ4v) is 2.98. The van der Waals surface area contributed by atoms with Gasteiger partial charge in [-0.15, -0.1) is 0 Å². The summed E-state index contributed by atoms with van der Waals surface area (Å²) < 4.78 is 5.31. The van der Waals surface area contributed by atoms with Crippen molar-refractivity contribution in [3.8, 4) is 0 Å². The van der Waals surface area contributed by atoms with Gasteiger partial charge in [0, 0.05) is 18.7 Å². The highest BCUT2D eigenvalue weighted by Crippen LogP contribution is 2.28. The Kier molecular flexibility index (Phi) is 5.09. The predicted molar refractivity (Wildman–Crippen MR) is 87.8 cm³/mol. The van der Waals surface area contributed by atoms with Gasteiger partial charge in [-0.1, -0.05) is 17.7 Å². The Morgan fingerprint density at radius 2 is 1.83 bits per heavy atom. The van der Waals surface area contributed by atoms with Gasteiger partial charge in [0.25, 0.3) is 5.91 Å². The minimum atomic E-state index is -0.916. The van der Waals surface area contributed by atoms with Crippen molar-refractivity contribution in [3.05, 3.63) is 34.4 Å². The van der Waals surface area contributed by atoms with Crippen LogP contribution in [0.2, 0.25) is 0 Å². The summed E-state index contributed by atoms with van der Waals surface area (Å²) in [5.74, 6) is -0.886. The number of carboxylic acid groups (broad SMARTS) is 1. The molecule has 126 valence electrons. The van der Waals surface area contributed by atoms with Gasteiger partial charge in [0.1, 0.15) is 0 Å². The van der Waals surface area contributed by atoms with Crippen LogP contribution >= 0.6 is 0 Å². The lowest BCUT2D eigenvalue weighted by atomic mass is 9.82. The van der Waals surface area contributed by atoms with E-state index in [0.29, 0.717) is 38.3 Å². The summed E-state index contributed by atoms with van der Waals surface area (Å²) in [4.78, 5) is 26.2. The Balaban J connectivity index is 2.41. The summed E-state index contributed by atoms with van der Waals surface area (Å²) in [6.07, 6.45) is 0.330. The molecule has 0 bridgehead atoms. The second-order valence-corrected chi connectivity index (χ2v) is 6.89. The first kappa shape index (κ1) is 17.5. The molecule has 0 radical (unpaired) electrons. The zero-order valence-electron chi connectivity index (χ0n) is 14.3. The topological polar surface area (TPSA) is 66.8 Å². The maximum Gasteiger partial charge on any atom is 0.309 e. The highest BCUT2D eigenvalue weighted by Gasteiger charge is 2.31. The maximum atomic E-state index is 12.9. The van der Waals surface area contributed by atoms with Crippen molar-refractivity contribution in [2.75, 3.05) is 26.3 Å². The van der Waals surface area contributed by atoms with Gasteiger partial charge < -0.3 is 14.7 Å². The van der Waals surface area contributed by atoms with Crippen LogP contribution in [-0.2, 0) is 16.0 Å². The molecule has 1 aliphatic heterocycles. The van der Waals surface area contributed by atoms with E-state index in [0.717, 1.165) is 16.7 Å². The van der Waals surface area contributed by atoms with Crippen LogP contribution in [0.1, 0.15) is 40.9 Å². The second kappa shape index (κ2) is 6.71. The van der Waals surface area contributed by atoms with E-state index in [1.807, 2.05) is 26.0 Å². The number of hydrogen-bond acceptors (Lipinski definition) is 3. The van der Waals surface area contributed by atoms with Crippen LogP contribution in [0, 0.1) is 19.3 Å². The molecule has 0 unspecified atom stereocenters. The third-order valence-corrected chi connectivity index (χ3v) is 4.29. The van der Waals surface area contributed by atoms with E-state index in [2.05, 4.69) is 0 Å². The molecule has 0 spiro atoms. The van der Waals surface area contributed by atoms with Crippen molar-refractivity contribution in [1.82, 2.24) is 4.90 Å². The first-order chi connectivity index (χ1) is 10.7. The number of carbonyl (C=O) groups is 2. The lowest BCUT2D eigenvalue weighted by Crippen LogP contribution is -2.41. The minimum absolute atomic E-state index is 0.0259. The molecule has 1 amide bonds. The quantitative estimate of drug-likeness (QED) is 0.925. The summed E-state index contributed by atoms with van der Waals surface area (Å²) in [6.45, 7) is 9.51. The minimum Gasteiger partial charge on any atom is -0.481 e. The summed E-state index contributed by atoms with van der Waals surface area (Å²) in [5.41, 5.74) is 2.48. The number of benzene rings is 1. The van der Waals surface area contributed by atoms with E-state index >= 15 is 0 Å². The van der Waals surface area contributed by atoms with Crippen molar-refractivity contribution >= 4 is 11.9 Å². The molecule has 2 rings (SSSR count). The Morgan fingerprint density at radius 3 is 2.39 bits per heavy atom. The fraction of sp³-hybridized carbons (Fsp3) is 0.556. The van der Waals surface area contributed by atoms with Crippen molar-refractivity contribution in [2.45, 2.75) is 34.1 Å². The Hall–Kier alpha value is -1.88. The predicted octanol–water partition coefficient (Wildman–Crippen LogP) is 2.43. The van der Waals surface area contributed by atoms with Crippen molar-refractivity contribution in [2.24, 2.45) is 5.41 Å². The Bertz CT molecular complexity index is 616. The second-order valence-electron chi connectivity index (χ2n) is 6.89. The molecule has 0 atom stereocenters. The smallest absolute Gasteiger partial charge is 0.309 e. The molecule has 1 fully saturated rings. The molecule has 5 heteroatoms. The number of rotatable bonds is 4. The monoisotopic (exact) mass is 319 g/mol. The SMILES string of the molecule is Cc1cc(C)c(C(=O)N2CCOCC2)c(CC(C)(C)C(=O)O)c1. The summed E-state index contributed by atoms with van der Waals surface area (Å²) in [5, 5.41) is 9.41. The van der Waals surface area contributed by atoms with Crippen molar-refractivity contribution < 1.29 is 19.4 Å². The first-order valence-electron chi connectivity index (χ1n) is 7.93. The Morgan fingerprint density at radius 1 is 1.22 bits per heavy atom. The van der Waals surface area contributed by atoms with Gasteiger partial charge in [-0.2, -0.15) is 0 Å². The third-order valence-electron chi connectivity index (χ3n) is 4.29. The number of hydrogen-bond donors (Lipinski definition) is 1. The number of ether oxygens (including phenoxy) is 1. The zero-order chi connectivity index (χ0) is 17.2. The summed E-state index contributed by atoms with van der Waals surface area (Å²) >= 11 is 0. The van der Waals surface area contributed by atoms with Gasteiger partial charge in [-0.3, -0.25) is 9.59 Å². The van der Waals surface area contributed by atoms with Gasteiger partial charge >= 0.3 is 5.97 Å². The van der Waals surface area contributed by atoms with E-state index in [4.69, 9.17) is 4.74 Å². The number of carbonyl (C=O) groups excluding carboxylic acids is 1. The van der Waals surface area contributed by atoms with Crippen LogP contribution in [0.25, 0.3) is 0 Å². The first-order valence-corrected chi connectivity index (χ1v) is 7.93. The van der Waals surface area contributed by atoms with E-state index in [1.165, 1.54) is 0 Å². The molecule has 0 saturated carbocycles. The van der Waals surface area contributed by atoms with E-state index in [9.17, 15) is 14.7 Å². The van der Waals surface area contributed by atoms with Crippen molar-refractivity contribution in [3.63, 3.8) is 0 Å². The zero-order valence-corrected chi connectivity index (χ0v) is 14.3. The number of aryl methyl sites for hydroxylation is 2. The van der Waals surface area contributed by atoms with Gasteiger partial charge in [0.2, 0.25) is 0 Å².